The average molecular weight is 503 g/mol. The van der Waals surface area contributed by atoms with Gasteiger partial charge in [-0.15, -0.1) is 0 Å². The SMILES string of the molecule is CCCCCCc1ccc(C2CCC(C)CC2)cc1.CCCCCc1ccc(C2CCC(C)CC2)cc1. The maximum Gasteiger partial charge on any atom is -0.0162 e. The lowest BCUT2D eigenvalue weighted by Gasteiger charge is -2.26. The van der Waals surface area contributed by atoms with Gasteiger partial charge in [0.2, 0.25) is 0 Å². The summed E-state index contributed by atoms with van der Waals surface area (Å²) < 4.78 is 0. The summed E-state index contributed by atoms with van der Waals surface area (Å²) in [5.74, 6) is 3.58. The molecule has 0 heterocycles. The summed E-state index contributed by atoms with van der Waals surface area (Å²) in [6, 6.07) is 19.1. The zero-order valence-corrected chi connectivity index (χ0v) is 24.9. The molecule has 0 aliphatic heterocycles. The number of hydrogen-bond acceptors (Lipinski definition) is 0. The van der Waals surface area contributed by atoms with Crippen molar-refractivity contribution in [2.45, 2.75) is 149 Å². The Kier molecular flexibility index (Phi) is 13.9. The number of unbranched alkanes of at least 4 members (excludes halogenated alkanes) is 5. The molecule has 0 unspecified atom stereocenters. The molecule has 0 amide bonds. The van der Waals surface area contributed by atoms with E-state index in [9.17, 15) is 0 Å². The van der Waals surface area contributed by atoms with Gasteiger partial charge in [0.15, 0.2) is 0 Å². The van der Waals surface area contributed by atoms with Crippen LogP contribution in [0.5, 0.6) is 0 Å². The molecule has 2 fully saturated rings. The summed E-state index contributed by atoms with van der Waals surface area (Å²) in [7, 11) is 0. The van der Waals surface area contributed by atoms with Crippen LogP contribution >= 0.6 is 0 Å². The molecule has 0 N–H and O–H groups in total. The van der Waals surface area contributed by atoms with E-state index in [1.165, 1.54) is 120 Å². The fraction of sp³-hybridized carbons (Fsp3) is 0.676. The Morgan fingerprint density at radius 2 is 0.811 bits per heavy atom. The van der Waals surface area contributed by atoms with Gasteiger partial charge < -0.3 is 0 Å². The number of hydrogen-bond donors (Lipinski definition) is 0. The molecule has 2 aromatic rings. The number of benzene rings is 2. The summed E-state index contributed by atoms with van der Waals surface area (Å²) in [5, 5.41) is 0. The highest BCUT2D eigenvalue weighted by atomic mass is 14.3. The molecule has 0 nitrogen and oxygen atoms in total. The minimum Gasteiger partial charge on any atom is -0.0654 e. The molecular weight excluding hydrogens is 444 g/mol. The number of rotatable bonds is 11. The smallest absolute Gasteiger partial charge is 0.0162 e. The summed E-state index contributed by atoms with van der Waals surface area (Å²) in [4.78, 5) is 0. The quantitative estimate of drug-likeness (QED) is 0.268. The third-order valence-electron chi connectivity index (χ3n) is 9.32. The van der Waals surface area contributed by atoms with Gasteiger partial charge in [0.1, 0.15) is 0 Å². The van der Waals surface area contributed by atoms with Crippen LogP contribution < -0.4 is 0 Å². The fourth-order valence-corrected chi connectivity index (χ4v) is 6.43. The van der Waals surface area contributed by atoms with E-state index >= 15 is 0 Å². The van der Waals surface area contributed by atoms with Crippen LogP contribution in [0.25, 0.3) is 0 Å². The van der Waals surface area contributed by atoms with Gasteiger partial charge in [0, 0.05) is 0 Å². The molecule has 0 heteroatoms. The first-order valence-electron chi connectivity index (χ1n) is 16.3. The van der Waals surface area contributed by atoms with Crippen molar-refractivity contribution in [2.24, 2.45) is 11.8 Å². The van der Waals surface area contributed by atoms with Crippen molar-refractivity contribution in [3.8, 4) is 0 Å². The van der Waals surface area contributed by atoms with Crippen molar-refractivity contribution < 1.29 is 0 Å². The molecule has 2 saturated carbocycles. The van der Waals surface area contributed by atoms with Crippen molar-refractivity contribution in [1.82, 2.24) is 0 Å². The maximum atomic E-state index is 2.40. The van der Waals surface area contributed by atoms with E-state index in [0.29, 0.717) is 0 Å². The molecule has 0 spiro atoms. The predicted octanol–water partition coefficient (Wildman–Crippen LogP) is 11.8. The van der Waals surface area contributed by atoms with Crippen molar-refractivity contribution >= 4 is 0 Å². The van der Waals surface area contributed by atoms with E-state index in [1.54, 1.807) is 11.1 Å². The van der Waals surface area contributed by atoms with Gasteiger partial charge in [-0.2, -0.15) is 0 Å². The van der Waals surface area contributed by atoms with Crippen molar-refractivity contribution in [3.63, 3.8) is 0 Å². The van der Waals surface area contributed by atoms with Crippen LogP contribution in [0, 0.1) is 11.8 Å². The van der Waals surface area contributed by atoms with Gasteiger partial charge in [-0.25, -0.2) is 0 Å². The first kappa shape index (κ1) is 30.0. The molecule has 0 radical (unpaired) electrons. The highest BCUT2D eigenvalue weighted by molar-refractivity contribution is 5.27. The highest BCUT2D eigenvalue weighted by Gasteiger charge is 2.20. The summed E-state index contributed by atoms with van der Waals surface area (Å²) in [6.07, 6.45) is 23.3. The molecule has 0 aromatic heterocycles. The maximum absolute atomic E-state index is 2.40. The Bertz CT molecular complexity index is 813. The van der Waals surface area contributed by atoms with Crippen LogP contribution in [0.15, 0.2) is 48.5 Å². The summed E-state index contributed by atoms with van der Waals surface area (Å²) >= 11 is 0. The monoisotopic (exact) mass is 502 g/mol. The Balaban J connectivity index is 0.000000206. The molecule has 2 aromatic carbocycles. The average Bonchev–Trinajstić information content (AvgIpc) is 2.93. The fourth-order valence-electron chi connectivity index (χ4n) is 6.43. The zero-order chi connectivity index (χ0) is 26.3. The van der Waals surface area contributed by atoms with E-state index in [1.807, 2.05) is 0 Å². The van der Waals surface area contributed by atoms with Gasteiger partial charge in [-0.3, -0.25) is 0 Å². The van der Waals surface area contributed by atoms with Gasteiger partial charge in [-0.1, -0.05) is 134 Å². The molecule has 37 heavy (non-hydrogen) atoms. The summed E-state index contributed by atoms with van der Waals surface area (Å²) in [5.41, 5.74) is 6.23. The first-order valence-corrected chi connectivity index (χ1v) is 16.3. The molecule has 206 valence electrons. The Morgan fingerprint density at radius 1 is 0.459 bits per heavy atom. The van der Waals surface area contributed by atoms with E-state index in [4.69, 9.17) is 0 Å². The zero-order valence-electron chi connectivity index (χ0n) is 24.9. The van der Waals surface area contributed by atoms with E-state index in [2.05, 4.69) is 76.2 Å². The number of aryl methyl sites for hydroxylation is 2. The largest absolute Gasteiger partial charge is 0.0654 e. The minimum absolute atomic E-state index is 0.838. The lowest BCUT2D eigenvalue weighted by atomic mass is 9.79. The second-order valence-corrected chi connectivity index (χ2v) is 12.7. The molecular formula is C37H58. The van der Waals surface area contributed by atoms with Gasteiger partial charge >= 0.3 is 0 Å². The Labute approximate surface area is 231 Å². The van der Waals surface area contributed by atoms with Crippen LogP contribution in [-0.4, -0.2) is 0 Å². The summed E-state index contributed by atoms with van der Waals surface area (Å²) in [6.45, 7) is 9.34. The predicted molar refractivity (Wildman–Crippen MR) is 165 cm³/mol. The molecule has 4 rings (SSSR count). The minimum atomic E-state index is 0.838. The van der Waals surface area contributed by atoms with Crippen molar-refractivity contribution in [2.75, 3.05) is 0 Å². The Hall–Kier alpha value is -1.56. The topological polar surface area (TPSA) is 0 Å². The standard InChI is InChI=1S/C19H30.C18H28/c1-3-4-5-6-7-17-10-14-19(15-11-17)18-12-8-16(2)9-13-18;1-3-4-5-6-16-9-13-18(14-10-16)17-11-7-15(2)8-12-17/h10-11,14-16,18H,3-9,12-13H2,1-2H3;9-10,13-15,17H,3-8,11-12H2,1-2H3. The van der Waals surface area contributed by atoms with E-state index < -0.39 is 0 Å². The van der Waals surface area contributed by atoms with E-state index in [-0.39, 0.29) is 0 Å². The van der Waals surface area contributed by atoms with Gasteiger partial charge in [0.05, 0.1) is 0 Å². The van der Waals surface area contributed by atoms with E-state index in [0.717, 1.165) is 23.7 Å². The van der Waals surface area contributed by atoms with Crippen molar-refractivity contribution in [3.05, 3.63) is 70.8 Å². The molecule has 0 atom stereocenters. The normalized spacial score (nSPS) is 23.8. The van der Waals surface area contributed by atoms with Crippen LogP contribution in [-0.2, 0) is 12.8 Å². The van der Waals surface area contributed by atoms with Crippen molar-refractivity contribution in [1.29, 1.82) is 0 Å². The second kappa shape index (κ2) is 17.1. The molecule has 0 saturated heterocycles. The second-order valence-electron chi connectivity index (χ2n) is 12.7. The van der Waals surface area contributed by atoms with Crippen LogP contribution in [0.2, 0.25) is 0 Å². The molecule has 0 bridgehead atoms. The third-order valence-corrected chi connectivity index (χ3v) is 9.32. The van der Waals surface area contributed by atoms with Gasteiger partial charge in [0.25, 0.3) is 0 Å². The molecule has 2 aliphatic rings. The van der Waals surface area contributed by atoms with Crippen LogP contribution in [0.3, 0.4) is 0 Å². The lowest BCUT2D eigenvalue weighted by Crippen LogP contribution is -2.10. The van der Waals surface area contributed by atoms with Gasteiger partial charge in [-0.05, 0) is 97.3 Å². The Morgan fingerprint density at radius 3 is 1.19 bits per heavy atom. The van der Waals surface area contributed by atoms with Crippen LogP contribution in [0.1, 0.15) is 158 Å². The van der Waals surface area contributed by atoms with Crippen LogP contribution in [0.4, 0.5) is 0 Å². The third kappa shape index (κ3) is 11.0. The molecule has 2 aliphatic carbocycles. The highest BCUT2D eigenvalue weighted by Crippen LogP contribution is 2.36. The first-order chi connectivity index (χ1) is 18.1. The lowest BCUT2D eigenvalue weighted by molar-refractivity contribution is 0.348.